The molecular weight excluding hydrogens is 423 g/mol. The van der Waals surface area contributed by atoms with Crippen molar-refractivity contribution in [2.24, 2.45) is 0 Å². The number of hydrogen-bond acceptors (Lipinski definition) is 5. The van der Waals surface area contributed by atoms with E-state index in [-0.39, 0.29) is 10.2 Å². The Morgan fingerprint density at radius 1 is 1.04 bits per heavy atom. The van der Waals surface area contributed by atoms with Gasteiger partial charge in [-0.15, -0.1) is 0 Å². The maximum absolute atomic E-state index is 13.1. The molecule has 0 atom stereocenters. The Morgan fingerprint density at radius 2 is 1.78 bits per heavy atom. The van der Waals surface area contributed by atoms with Gasteiger partial charge in [0, 0.05) is 40.7 Å². The number of nitrogens with zero attached hydrogens (tertiary/aromatic N) is 3. The molecule has 3 rings (SSSR count). The van der Waals surface area contributed by atoms with Crippen LogP contribution >= 0.6 is 15.9 Å². The molecule has 0 aliphatic rings. The third-order valence-electron chi connectivity index (χ3n) is 3.58. The van der Waals surface area contributed by atoms with Gasteiger partial charge in [-0.25, -0.2) is 4.98 Å². The summed E-state index contributed by atoms with van der Waals surface area (Å²) >= 11 is 2.94. The molecule has 0 bridgehead atoms. The molecule has 0 aliphatic heterocycles. The molecule has 0 amide bonds. The van der Waals surface area contributed by atoms with Gasteiger partial charge >= 0.3 is 6.18 Å². The molecule has 0 spiro atoms. The lowest BCUT2D eigenvalue weighted by Gasteiger charge is -2.13. The number of halogens is 4. The second kappa shape index (κ2) is 7.91. The third kappa shape index (κ3) is 4.73. The van der Waals surface area contributed by atoms with Crippen LogP contribution in [0.3, 0.4) is 0 Å². The van der Waals surface area contributed by atoms with Gasteiger partial charge in [0.25, 0.3) is 0 Å². The molecule has 3 aromatic rings. The highest BCUT2D eigenvalue weighted by molar-refractivity contribution is 9.10. The number of nitrogens with one attached hydrogen (secondary N) is 2. The van der Waals surface area contributed by atoms with E-state index in [1.165, 1.54) is 6.07 Å². The van der Waals surface area contributed by atoms with Crippen molar-refractivity contribution in [1.29, 1.82) is 0 Å². The van der Waals surface area contributed by atoms with Gasteiger partial charge < -0.3 is 10.6 Å². The fraction of sp³-hybridized carbons (Fsp3) is 0.167. The highest BCUT2D eigenvalue weighted by Gasteiger charge is 2.33. The fourth-order valence-corrected chi connectivity index (χ4v) is 2.86. The Hall–Kier alpha value is -2.68. The summed E-state index contributed by atoms with van der Waals surface area (Å²) in [7, 11) is 0. The normalized spacial score (nSPS) is 11.3. The van der Waals surface area contributed by atoms with Crippen LogP contribution in [-0.4, -0.2) is 21.5 Å². The average molecular weight is 438 g/mol. The smallest absolute Gasteiger partial charge is 0.354 e. The van der Waals surface area contributed by atoms with Crippen LogP contribution in [0.25, 0.3) is 11.3 Å². The maximum atomic E-state index is 13.1. The summed E-state index contributed by atoms with van der Waals surface area (Å²) in [4.78, 5) is 12.7. The lowest BCUT2D eigenvalue weighted by molar-refractivity contribution is -0.138. The molecule has 2 heterocycles. The Kier molecular flexibility index (Phi) is 5.59. The van der Waals surface area contributed by atoms with Crippen LogP contribution < -0.4 is 10.6 Å². The molecule has 5 nitrogen and oxygen atoms in total. The average Bonchev–Trinajstić information content (AvgIpc) is 2.63. The maximum Gasteiger partial charge on any atom is 0.417 e. The molecule has 2 N–H and O–H groups in total. The van der Waals surface area contributed by atoms with Gasteiger partial charge in [0.1, 0.15) is 5.82 Å². The van der Waals surface area contributed by atoms with Crippen molar-refractivity contribution in [3.05, 3.63) is 58.8 Å². The summed E-state index contributed by atoms with van der Waals surface area (Å²) in [6, 6.07) is 9.19. The lowest BCUT2D eigenvalue weighted by atomic mass is 10.2. The fourth-order valence-electron chi connectivity index (χ4n) is 2.39. The van der Waals surface area contributed by atoms with Gasteiger partial charge in [0.2, 0.25) is 5.95 Å². The summed E-state index contributed by atoms with van der Waals surface area (Å²) in [6.45, 7) is 2.51. The van der Waals surface area contributed by atoms with Crippen molar-refractivity contribution in [2.75, 3.05) is 17.2 Å². The predicted octanol–water partition coefficient (Wildman–Crippen LogP) is 5.50. The molecular formula is C18H15BrF3N5. The van der Waals surface area contributed by atoms with Gasteiger partial charge in [-0.05, 0) is 37.3 Å². The first-order valence-corrected chi connectivity index (χ1v) is 8.83. The van der Waals surface area contributed by atoms with E-state index >= 15 is 0 Å². The van der Waals surface area contributed by atoms with Gasteiger partial charge in [0.15, 0.2) is 0 Å². The van der Waals surface area contributed by atoms with Crippen LogP contribution in [0.5, 0.6) is 0 Å². The molecule has 0 fully saturated rings. The van der Waals surface area contributed by atoms with E-state index in [2.05, 4.69) is 41.5 Å². The summed E-state index contributed by atoms with van der Waals surface area (Å²) in [5, 5.41) is 5.95. The number of rotatable bonds is 5. The van der Waals surface area contributed by atoms with Crippen LogP contribution in [0.2, 0.25) is 0 Å². The summed E-state index contributed by atoms with van der Waals surface area (Å²) in [6.07, 6.45) is -1.18. The zero-order valence-electron chi connectivity index (χ0n) is 14.2. The Labute approximate surface area is 162 Å². The van der Waals surface area contributed by atoms with Gasteiger partial charge in [0.05, 0.1) is 11.3 Å². The molecule has 0 unspecified atom stereocenters. The van der Waals surface area contributed by atoms with Crippen LogP contribution in [0.1, 0.15) is 12.5 Å². The van der Waals surface area contributed by atoms with Crippen molar-refractivity contribution in [3.63, 3.8) is 0 Å². The van der Waals surface area contributed by atoms with E-state index in [9.17, 15) is 13.2 Å². The van der Waals surface area contributed by atoms with Crippen molar-refractivity contribution < 1.29 is 13.2 Å². The first-order chi connectivity index (χ1) is 12.9. The van der Waals surface area contributed by atoms with Crippen LogP contribution in [-0.2, 0) is 6.18 Å². The SMILES string of the molecule is CCNc1nc(Nc2ccc(Br)c(C(F)(F)F)c2)cc(-c2ccncc2)n1. The highest BCUT2D eigenvalue weighted by atomic mass is 79.9. The number of benzene rings is 1. The topological polar surface area (TPSA) is 62.7 Å². The summed E-state index contributed by atoms with van der Waals surface area (Å²) in [5.41, 5.74) is 0.954. The van der Waals surface area contributed by atoms with Crippen LogP contribution in [0, 0.1) is 0 Å². The third-order valence-corrected chi connectivity index (χ3v) is 4.27. The quantitative estimate of drug-likeness (QED) is 0.551. The van der Waals surface area contributed by atoms with Gasteiger partial charge in [-0.3, -0.25) is 4.98 Å². The van der Waals surface area contributed by atoms with E-state index in [1.807, 2.05) is 6.92 Å². The first kappa shape index (κ1) is 19.1. The highest BCUT2D eigenvalue weighted by Crippen LogP contribution is 2.37. The van der Waals surface area contributed by atoms with E-state index in [0.717, 1.165) is 11.6 Å². The largest absolute Gasteiger partial charge is 0.417 e. The van der Waals surface area contributed by atoms with Gasteiger partial charge in [-0.2, -0.15) is 18.2 Å². The summed E-state index contributed by atoms with van der Waals surface area (Å²) < 4.78 is 39.3. The van der Waals surface area contributed by atoms with E-state index in [1.54, 1.807) is 36.7 Å². The van der Waals surface area contributed by atoms with Crippen LogP contribution in [0.4, 0.5) is 30.6 Å². The standard InChI is InChI=1S/C18H15BrF3N5/c1-2-24-17-26-15(11-5-7-23-8-6-11)10-16(27-17)25-12-3-4-14(19)13(9-12)18(20,21)22/h3-10H,2H2,1H3,(H2,24,25,26,27). The molecule has 0 saturated heterocycles. The number of anilines is 3. The van der Waals surface area contributed by atoms with Gasteiger partial charge in [-0.1, -0.05) is 15.9 Å². The van der Waals surface area contributed by atoms with Crippen molar-refractivity contribution in [3.8, 4) is 11.3 Å². The minimum absolute atomic E-state index is 0.0194. The zero-order chi connectivity index (χ0) is 19.4. The van der Waals surface area contributed by atoms with E-state index in [4.69, 9.17) is 0 Å². The number of pyridine rings is 1. The number of hydrogen-bond donors (Lipinski definition) is 2. The second-order valence-electron chi connectivity index (χ2n) is 5.55. The Bertz CT molecular complexity index is 932. The second-order valence-corrected chi connectivity index (χ2v) is 6.40. The Balaban J connectivity index is 1.98. The number of aromatic nitrogens is 3. The first-order valence-electron chi connectivity index (χ1n) is 8.04. The molecule has 140 valence electrons. The van der Waals surface area contributed by atoms with Crippen LogP contribution in [0.15, 0.2) is 53.3 Å². The zero-order valence-corrected chi connectivity index (χ0v) is 15.8. The monoisotopic (exact) mass is 437 g/mol. The molecule has 0 radical (unpaired) electrons. The van der Waals surface area contributed by atoms with Crippen molar-refractivity contribution in [1.82, 2.24) is 15.0 Å². The predicted molar refractivity (Wildman–Crippen MR) is 102 cm³/mol. The molecule has 27 heavy (non-hydrogen) atoms. The Morgan fingerprint density at radius 3 is 2.44 bits per heavy atom. The minimum atomic E-state index is -4.46. The van der Waals surface area contributed by atoms with E-state index in [0.29, 0.717) is 24.0 Å². The molecule has 0 aliphatic carbocycles. The molecule has 9 heteroatoms. The van der Waals surface area contributed by atoms with Crippen molar-refractivity contribution in [2.45, 2.75) is 13.1 Å². The molecule has 1 aromatic carbocycles. The molecule has 0 saturated carbocycles. The summed E-state index contributed by atoms with van der Waals surface area (Å²) in [5.74, 6) is 0.755. The van der Waals surface area contributed by atoms with E-state index < -0.39 is 11.7 Å². The lowest BCUT2D eigenvalue weighted by Crippen LogP contribution is -2.08. The molecule has 2 aromatic heterocycles. The van der Waals surface area contributed by atoms with Crippen molar-refractivity contribution >= 4 is 33.4 Å². The number of alkyl halides is 3. The minimum Gasteiger partial charge on any atom is -0.354 e.